The number of hydrogen-bond acceptors (Lipinski definition) is 2. The van der Waals surface area contributed by atoms with E-state index in [0.717, 1.165) is 11.1 Å². The summed E-state index contributed by atoms with van der Waals surface area (Å²) in [5, 5.41) is 2.97. The predicted octanol–water partition coefficient (Wildman–Crippen LogP) is 6.03. The van der Waals surface area contributed by atoms with Crippen LogP contribution in [0.4, 0.5) is 17.6 Å². The van der Waals surface area contributed by atoms with Crippen LogP contribution in [-0.4, -0.2) is 42.5 Å². The van der Waals surface area contributed by atoms with Crippen molar-refractivity contribution in [3.63, 3.8) is 0 Å². The first-order chi connectivity index (χ1) is 18.2. The van der Waals surface area contributed by atoms with Crippen LogP contribution in [0.15, 0.2) is 77.9 Å². The number of hydrogen-bond donors (Lipinski definition) is 1. The van der Waals surface area contributed by atoms with Gasteiger partial charge in [0, 0.05) is 26.1 Å². The molecule has 8 heteroatoms. The molecule has 2 amide bonds. The molecule has 0 aromatic heterocycles. The van der Waals surface area contributed by atoms with Gasteiger partial charge in [-0.05, 0) is 61.8 Å². The fraction of sp³-hybridized carbons (Fsp3) is 0.400. The van der Waals surface area contributed by atoms with Crippen LogP contribution in [-0.2, 0) is 21.4 Å². The van der Waals surface area contributed by atoms with Crippen molar-refractivity contribution >= 4 is 11.8 Å². The molecule has 0 spiro atoms. The molecule has 1 aliphatic carbocycles. The number of amides is 2. The molecule has 0 saturated carbocycles. The molecule has 1 heterocycles. The van der Waals surface area contributed by atoms with Gasteiger partial charge in [-0.15, -0.1) is 0 Å². The zero-order chi connectivity index (χ0) is 27.2. The fourth-order valence-corrected chi connectivity index (χ4v) is 5.27. The van der Waals surface area contributed by atoms with E-state index in [1.165, 1.54) is 24.3 Å². The van der Waals surface area contributed by atoms with E-state index in [4.69, 9.17) is 0 Å². The van der Waals surface area contributed by atoms with Gasteiger partial charge in [-0.25, -0.2) is 4.39 Å². The van der Waals surface area contributed by atoms with Gasteiger partial charge in [-0.3, -0.25) is 9.59 Å². The minimum absolute atomic E-state index is 0.00541. The fourth-order valence-electron chi connectivity index (χ4n) is 5.27. The van der Waals surface area contributed by atoms with E-state index in [1.54, 1.807) is 17.0 Å². The molecular weight excluding hydrogens is 496 g/mol. The van der Waals surface area contributed by atoms with Crippen LogP contribution in [0.3, 0.4) is 0 Å². The van der Waals surface area contributed by atoms with Gasteiger partial charge in [-0.2, -0.15) is 13.2 Å². The van der Waals surface area contributed by atoms with Crippen LogP contribution in [0.1, 0.15) is 49.7 Å². The number of carbonyl (C=O) groups excluding carboxylic acids is 2. The Bertz CT molecular complexity index is 1180. The highest BCUT2D eigenvalue weighted by Gasteiger charge is 2.43. The average molecular weight is 529 g/mol. The Balaban J connectivity index is 1.37. The number of nitrogens with one attached hydrogen (secondary N) is 1. The molecule has 38 heavy (non-hydrogen) atoms. The van der Waals surface area contributed by atoms with Crippen LogP contribution >= 0.6 is 0 Å². The first kappa shape index (κ1) is 27.6. The Hall–Kier alpha value is -3.42. The maximum Gasteiger partial charge on any atom is 0.416 e. The lowest BCUT2D eigenvalue weighted by molar-refractivity contribution is -0.136. The van der Waals surface area contributed by atoms with Gasteiger partial charge >= 0.3 is 6.18 Å². The Morgan fingerprint density at radius 3 is 2.29 bits per heavy atom. The lowest BCUT2D eigenvalue weighted by atomic mass is 9.72. The SMILES string of the molecule is O=C(CCc1ccc(F)cc1)N1CCC(C(=O)NCCC2=CC(C(F)(F)F)=CCC2)(c2ccccc2)CC1. The quantitative estimate of drug-likeness (QED) is 0.425. The van der Waals surface area contributed by atoms with Crippen LogP contribution < -0.4 is 5.32 Å². The lowest BCUT2D eigenvalue weighted by Gasteiger charge is -2.41. The summed E-state index contributed by atoms with van der Waals surface area (Å²) < 4.78 is 52.3. The standard InChI is InChI=1S/C30H32F4N2O2/c31-26-12-9-22(10-13-26)11-14-27(37)36-19-16-29(17-20-36,24-6-2-1-3-7-24)28(38)35-18-15-23-5-4-8-25(21-23)30(32,33)34/h1-3,6-10,12-13,21H,4-5,11,14-20H2,(H,35,38). The number of rotatable bonds is 8. The number of aryl methyl sites for hydroxylation is 1. The van der Waals surface area contributed by atoms with Crippen molar-refractivity contribution in [3.8, 4) is 0 Å². The molecule has 4 nitrogen and oxygen atoms in total. The monoisotopic (exact) mass is 528 g/mol. The number of piperidine rings is 1. The first-order valence-corrected chi connectivity index (χ1v) is 13.0. The third kappa shape index (κ3) is 6.71. The third-order valence-corrected chi connectivity index (χ3v) is 7.52. The maximum absolute atomic E-state index is 13.5. The van der Waals surface area contributed by atoms with Crippen LogP contribution in [0.5, 0.6) is 0 Å². The second-order valence-corrected chi connectivity index (χ2v) is 9.96. The molecular formula is C30H32F4N2O2. The summed E-state index contributed by atoms with van der Waals surface area (Å²) >= 11 is 0. The van der Waals surface area contributed by atoms with E-state index in [-0.39, 0.29) is 24.2 Å². The molecule has 1 fully saturated rings. The summed E-state index contributed by atoms with van der Waals surface area (Å²) in [5.74, 6) is -0.482. The molecule has 2 aromatic carbocycles. The first-order valence-electron chi connectivity index (χ1n) is 13.0. The number of likely N-dealkylation sites (tertiary alicyclic amines) is 1. The topological polar surface area (TPSA) is 49.4 Å². The van der Waals surface area contributed by atoms with E-state index in [0.29, 0.717) is 63.6 Å². The zero-order valence-electron chi connectivity index (χ0n) is 21.2. The largest absolute Gasteiger partial charge is 0.416 e. The minimum Gasteiger partial charge on any atom is -0.355 e. The van der Waals surface area contributed by atoms with Gasteiger partial charge in [0.2, 0.25) is 11.8 Å². The second-order valence-electron chi connectivity index (χ2n) is 9.96. The number of halogens is 4. The number of carbonyl (C=O) groups is 2. The lowest BCUT2D eigenvalue weighted by Crippen LogP contribution is -2.53. The number of nitrogens with zero attached hydrogens (tertiary/aromatic N) is 1. The van der Waals surface area contributed by atoms with Gasteiger partial charge in [0.05, 0.1) is 11.0 Å². The molecule has 2 aliphatic rings. The van der Waals surface area contributed by atoms with Crippen molar-refractivity contribution in [2.75, 3.05) is 19.6 Å². The maximum atomic E-state index is 13.5. The summed E-state index contributed by atoms with van der Waals surface area (Å²) in [4.78, 5) is 28.2. The smallest absolute Gasteiger partial charge is 0.355 e. The Labute approximate surface area is 220 Å². The molecule has 2 aromatic rings. The number of alkyl halides is 3. The molecule has 0 radical (unpaired) electrons. The highest BCUT2D eigenvalue weighted by atomic mass is 19.4. The summed E-state index contributed by atoms with van der Waals surface area (Å²) in [6.45, 7) is 1.11. The van der Waals surface area contributed by atoms with Crippen molar-refractivity contribution in [1.29, 1.82) is 0 Å². The number of allylic oxidation sites excluding steroid dienone is 3. The van der Waals surface area contributed by atoms with Gasteiger partial charge in [-0.1, -0.05) is 60.2 Å². The van der Waals surface area contributed by atoms with Crippen molar-refractivity contribution < 1.29 is 27.2 Å². The van der Waals surface area contributed by atoms with Crippen molar-refractivity contribution in [2.45, 2.75) is 56.5 Å². The summed E-state index contributed by atoms with van der Waals surface area (Å²) in [7, 11) is 0. The van der Waals surface area contributed by atoms with Crippen molar-refractivity contribution in [2.24, 2.45) is 0 Å². The summed E-state index contributed by atoms with van der Waals surface area (Å²) in [6.07, 6.45) is 1.01. The molecule has 4 rings (SSSR count). The molecule has 0 unspecified atom stereocenters. The predicted molar refractivity (Wildman–Crippen MR) is 138 cm³/mol. The van der Waals surface area contributed by atoms with E-state index < -0.39 is 17.2 Å². The number of benzene rings is 2. The van der Waals surface area contributed by atoms with Gasteiger partial charge < -0.3 is 10.2 Å². The van der Waals surface area contributed by atoms with Crippen LogP contribution in [0, 0.1) is 5.82 Å². The van der Waals surface area contributed by atoms with Crippen molar-refractivity contribution in [3.05, 3.63) is 94.8 Å². The molecule has 1 N–H and O–H groups in total. The molecule has 1 aliphatic heterocycles. The van der Waals surface area contributed by atoms with Gasteiger partial charge in [0.1, 0.15) is 5.82 Å². The van der Waals surface area contributed by atoms with E-state index in [1.807, 2.05) is 30.3 Å². The Morgan fingerprint density at radius 1 is 0.947 bits per heavy atom. The zero-order valence-corrected chi connectivity index (χ0v) is 21.2. The minimum atomic E-state index is -4.36. The van der Waals surface area contributed by atoms with Gasteiger partial charge in [0.15, 0.2) is 0 Å². The van der Waals surface area contributed by atoms with Gasteiger partial charge in [0.25, 0.3) is 0 Å². The molecule has 0 atom stereocenters. The Morgan fingerprint density at radius 2 is 1.63 bits per heavy atom. The highest BCUT2D eigenvalue weighted by molar-refractivity contribution is 5.89. The van der Waals surface area contributed by atoms with Crippen LogP contribution in [0.2, 0.25) is 0 Å². The second kappa shape index (κ2) is 12.0. The average Bonchev–Trinajstić information content (AvgIpc) is 2.93. The molecule has 202 valence electrons. The van der Waals surface area contributed by atoms with E-state index >= 15 is 0 Å². The molecule has 0 bridgehead atoms. The third-order valence-electron chi connectivity index (χ3n) is 7.52. The van der Waals surface area contributed by atoms with Crippen LogP contribution in [0.25, 0.3) is 0 Å². The normalized spacial score (nSPS) is 17.4. The molecule has 1 saturated heterocycles. The van der Waals surface area contributed by atoms with Crippen molar-refractivity contribution in [1.82, 2.24) is 10.2 Å². The highest BCUT2D eigenvalue weighted by Crippen LogP contribution is 2.37. The summed E-state index contributed by atoms with van der Waals surface area (Å²) in [5.41, 5.74) is 1.00. The van der Waals surface area contributed by atoms with E-state index in [2.05, 4.69) is 5.32 Å². The summed E-state index contributed by atoms with van der Waals surface area (Å²) in [6, 6.07) is 15.6. The Kier molecular flexibility index (Phi) is 8.69. The van der Waals surface area contributed by atoms with E-state index in [9.17, 15) is 27.2 Å².